The second-order valence-electron chi connectivity index (χ2n) is 5.35. The Bertz CT molecular complexity index is 796. The predicted octanol–water partition coefficient (Wildman–Crippen LogP) is 1.77. The molecule has 1 aromatic carbocycles. The zero-order chi connectivity index (χ0) is 15.5. The van der Waals surface area contributed by atoms with Gasteiger partial charge in [0, 0.05) is 18.9 Å². The van der Waals surface area contributed by atoms with Crippen LogP contribution in [-0.2, 0) is 17.6 Å². The predicted molar refractivity (Wildman–Crippen MR) is 88.8 cm³/mol. The maximum absolute atomic E-state index is 6.08. The molecule has 22 heavy (non-hydrogen) atoms. The number of methoxy groups -OCH3 is 1. The lowest BCUT2D eigenvalue weighted by Gasteiger charge is -2.07. The monoisotopic (exact) mass is 299 g/mol. The van der Waals surface area contributed by atoms with E-state index in [9.17, 15) is 0 Å². The number of rotatable bonds is 6. The molecule has 2 aromatic heterocycles. The molecule has 2 heterocycles. The van der Waals surface area contributed by atoms with Crippen molar-refractivity contribution in [2.24, 2.45) is 5.73 Å². The molecule has 5 N–H and O–H groups in total. The molecule has 6 heteroatoms. The van der Waals surface area contributed by atoms with Gasteiger partial charge in [0.2, 0.25) is 0 Å². The molecule has 3 rings (SSSR count). The van der Waals surface area contributed by atoms with Crippen LogP contribution in [0.1, 0.15) is 17.8 Å². The fourth-order valence-electron chi connectivity index (χ4n) is 2.75. The van der Waals surface area contributed by atoms with E-state index in [2.05, 4.69) is 16.0 Å². The van der Waals surface area contributed by atoms with Gasteiger partial charge in [-0.05, 0) is 31.0 Å². The van der Waals surface area contributed by atoms with Crippen molar-refractivity contribution in [1.29, 1.82) is 0 Å². The third-order valence-electron chi connectivity index (χ3n) is 3.81. The molecule has 3 aromatic rings. The smallest absolute Gasteiger partial charge is 0.150 e. The maximum atomic E-state index is 6.08. The lowest BCUT2D eigenvalue weighted by molar-refractivity contribution is 0.201. The first-order valence-corrected chi connectivity index (χ1v) is 7.49. The maximum Gasteiger partial charge on any atom is 0.150 e. The van der Waals surface area contributed by atoms with Crippen LogP contribution in [-0.4, -0.2) is 35.2 Å². The summed E-state index contributed by atoms with van der Waals surface area (Å²) in [5.41, 5.74) is 15.5. The zero-order valence-corrected chi connectivity index (χ0v) is 12.7. The van der Waals surface area contributed by atoms with Crippen LogP contribution in [0.3, 0.4) is 0 Å². The molecular formula is C16H21N5O. The number of H-pyrrole nitrogens is 1. The van der Waals surface area contributed by atoms with Gasteiger partial charge in [0.15, 0.2) is 0 Å². The highest BCUT2D eigenvalue weighted by Gasteiger charge is 2.14. The number of hydrogen-bond acceptors (Lipinski definition) is 5. The summed E-state index contributed by atoms with van der Waals surface area (Å²) in [6, 6.07) is 6.09. The fraction of sp³-hybridized carbons (Fsp3) is 0.375. The molecule has 116 valence electrons. The molecule has 0 spiro atoms. The summed E-state index contributed by atoms with van der Waals surface area (Å²) in [5.74, 6) is 1.35. The van der Waals surface area contributed by atoms with Crippen LogP contribution in [0.15, 0.2) is 18.2 Å². The van der Waals surface area contributed by atoms with Gasteiger partial charge in [-0.25, -0.2) is 9.97 Å². The number of aryl methyl sites for hydroxylation is 1. The molecule has 0 aliphatic rings. The van der Waals surface area contributed by atoms with Crippen molar-refractivity contribution in [2.45, 2.75) is 19.3 Å². The van der Waals surface area contributed by atoms with Crippen LogP contribution < -0.4 is 11.5 Å². The van der Waals surface area contributed by atoms with E-state index >= 15 is 0 Å². The summed E-state index contributed by atoms with van der Waals surface area (Å²) >= 11 is 0. The minimum absolute atomic E-state index is 0.481. The summed E-state index contributed by atoms with van der Waals surface area (Å²) in [4.78, 5) is 12.5. The molecule has 0 amide bonds. The molecule has 6 nitrogen and oxygen atoms in total. The first-order valence-electron chi connectivity index (χ1n) is 7.49. The summed E-state index contributed by atoms with van der Waals surface area (Å²) in [6.07, 6.45) is 2.57. The number of imidazole rings is 1. The number of anilines is 1. The van der Waals surface area contributed by atoms with Crippen LogP contribution in [0.2, 0.25) is 0 Å². The quantitative estimate of drug-likeness (QED) is 0.643. The van der Waals surface area contributed by atoms with E-state index in [0.29, 0.717) is 19.0 Å². The number of nitrogens with two attached hydrogens (primary N) is 2. The SMILES string of the molecule is COCCc1nc2c([nH]1)c(N)nc1cccc(CCCN)c12. The molecule has 0 atom stereocenters. The lowest BCUT2D eigenvalue weighted by Crippen LogP contribution is -2.01. The Morgan fingerprint density at radius 3 is 2.86 bits per heavy atom. The average Bonchev–Trinajstić information content (AvgIpc) is 2.95. The Balaban J connectivity index is 2.19. The number of pyridine rings is 1. The third-order valence-corrected chi connectivity index (χ3v) is 3.81. The average molecular weight is 299 g/mol. The molecule has 0 aliphatic heterocycles. The van der Waals surface area contributed by atoms with Gasteiger partial charge in [-0.3, -0.25) is 0 Å². The van der Waals surface area contributed by atoms with Gasteiger partial charge in [-0.1, -0.05) is 12.1 Å². The molecule has 0 unspecified atom stereocenters. The van der Waals surface area contributed by atoms with Gasteiger partial charge < -0.3 is 21.2 Å². The van der Waals surface area contributed by atoms with Crippen molar-refractivity contribution in [2.75, 3.05) is 26.0 Å². The number of ether oxygens (including phenoxy) is 1. The van der Waals surface area contributed by atoms with Crippen LogP contribution >= 0.6 is 0 Å². The Kier molecular flexibility index (Phi) is 4.22. The van der Waals surface area contributed by atoms with E-state index in [1.165, 1.54) is 5.56 Å². The summed E-state index contributed by atoms with van der Waals surface area (Å²) in [5, 5.41) is 1.07. The highest BCUT2D eigenvalue weighted by atomic mass is 16.5. The molecule has 0 radical (unpaired) electrons. The molecule has 0 saturated heterocycles. The van der Waals surface area contributed by atoms with Crippen molar-refractivity contribution in [3.05, 3.63) is 29.6 Å². The van der Waals surface area contributed by atoms with Gasteiger partial charge in [-0.2, -0.15) is 0 Å². The van der Waals surface area contributed by atoms with Crippen LogP contribution in [0.4, 0.5) is 5.82 Å². The number of hydrogen-bond donors (Lipinski definition) is 3. The second kappa shape index (κ2) is 6.29. The van der Waals surface area contributed by atoms with E-state index in [0.717, 1.165) is 47.0 Å². The largest absolute Gasteiger partial charge is 0.384 e. The lowest BCUT2D eigenvalue weighted by atomic mass is 10.0. The van der Waals surface area contributed by atoms with E-state index < -0.39 is 0 Å². The van der Waals surface area contributed by atoms with Gasteiger partial charge in [0.25, 0.3) is 0 Å². The van der Waals surface area contributed by atoms with Crippen molar-refractivity contribution in [1.82, 2.24) is 15.0 Å². The highest BCUT2D eigenvalue weighted by molar-refractivity contribution is 6.07. The molecule has 0 saturated carbocycles. The number of aromatic nitrogens is 3. The first-order chi connectivity index (χ1) is 10.7. The molecule has 0 fully saturated rings. The number of aromatic amines is 1. The van der Waals surface area contributed by atoms with Crippen molar-refractivity contribution in [3.63, 3.8) is 0 Å². The summed E-state index contributed by atoms with van der Waals surface area (Å²) in [7, 11) is 1.68. The number of nitrogens with one attached hydrogen (secondary N) is 1. The van der Waals surface area contributed by atoms with Gasteiger partial charge in [-0.15, -0.1) is 0 Å². The zero-order valence-electron chi connectivity index (χ0n) is 12.7. The van der Waals surface area contributed by atoms with Crippen molar-refractivity contribution in [3.8, 4) is 0 Å². The van der Waals surface area contributed by atoms with Crippen LogP contribution in [0.5, 0.6) is 0 Å². The van der Waals surface area contributed by atoms with Gasteiger partial charge in [0.1, 0.15) is 22.7 Å². The Hall–Kier alpha value is -2.18. The highest BCUT2D eigenvalue weighted by Crippen LogP contribution is 2.29. The second-order valence-corrected chi connectivity index (χ2v) is 5.35. The fourth-order valence-corrected chi connectivity index (χ4v) is 2.75. The van der Waals surface area contributed by atoms with E-state index in [1.54, 1.807) is 7.11 Å². The first kappa shape index (κ1) is 14.7. The molecule has 0 bridgehead atoms. The standard InChI is InChI=1S/C16H21N5O/c1-22-9-7-12-20-14-13-10(5-3-8-17)4-2-6-11(13)19-16(18)15(14)21-12/h2,4,6H,3,5,7-9,17H2,1H3,(H2,18,19)(H,20,21). The van der Waals surface area contributed by atoms with E-state index in [4.69, 9.17) is 21.2 Å². The normalized spacial score (nSPS) is 11.5. The van der Waals surface area contributed by atoms with E-state index in [1.807, 2.05) is 12.1 Å². The number of nitrogens with zero attached hydrogens (tertiary/aromatic N) is 2. The van der Waals surface area contributed by atoms with Gasteiger partial charge >= 0.3 is 0 Å². The number of benzene rings is 1. The number of nitrogen functional groups attached to an aromatic ring is 1. The summed E-state index contributed by atoms with van der Waals surface area (Å²) < 4.78 is 5.12. The Morgan fingerprint density at radius 1 is 1.23 bits per heavy atom. The minimum Gasteiger partial charge on any atom is -0.384 e. The Morgan fingerprint density at radius 2 is 2.09 bits per heavy atom. The van der Waals surface area contributed by atoms with Crippen LogP contribution in [0, 0.1) is 0 Å². The molecule has 0 aliphatic carbocycles. The van der Waals surface area contributed by atoms with Crippen LogP contribution in [0.25, 0.3) is 21.9 Å². The van der Waals surface area contributed by atoms with E-state index in [-0.39, 0.29) is 0 Å². The van der Waals surface area contributed by atoms with Crippen molar-refractivity contribution < 1.29 is 4.74 Å². The molecular weight excluding hydrogens is 278 g/mol. The minimum atomic E-state index is 0.481. The topological polar surface area (TPSA) is 103 Å². The van der Waals surface area contributed by atoms with Gasteiger partial charge in [0.05, 0.1) is 12.1 Å². The summed E-state index contributed by atoms with van der Waals surface area (Å²) in [6.45, 7) is 1.28. The Labute approximate surface area is 128 Å². The number of fused-ring (bicyclic) bond motifs is 3. The third kappa shape index (κ3) is 2.63. The van der Waals surface area contributed by atoms with Crippen molar-refractivity contribution >= 4 is 27.8 Å².